The average Bonchev–Trinajstić information content (AvgIpc) is 3.20. The molecule has 2 aromatic carbocycles. The minimum absolute atomic E-state index is 0.0184. The molecule has 0 radical (unpaired) electrons. The molecule has 0 spiro atoms. The summed E-state index contributed by atoms with van der Waals surface area (Å²) in [6, 6.07) is 15.5. The van der Waals surface area contributed by atoms with Gasteiger partial charge in [-0.05, 0) is 76.6 Å². The summed E-state index contributed by atoms with van der Waals surface area (Å²) in [5.74, 6) is 0.163. The number of carbonyl (C=O) groups is 1. The van der Waals surface area contributed by atoms with Crippen LogP contribution in [-0.4, -0.2) is 59.5 Å². The Morgan fingerprint density at radius 1 is 0.909 bits per heavy atom. The number of likely N-dealkylation sites (tertiary alicyclic amines) is 1. The summed E-state index contributed by atoms with van der Waals surface area (Å²) >= 11 is 3.54. The Kier molecular flexibility index (Phi) is 6.88. The predicted octanol–water partition coefficient (Wildman–Crippen LogP) is 5.53. The van der Waals surface area contributed by atoms with Crippen molar-refractivity contribution >= 4 is 27.5 Å². The number of benzene rings is 2. The molecule has 0 saturated carbocycles. The number of hydrogen-bond donors (Lipinski definition) is 0. The number of carbonyl (C=O) groups excluding carboxylic acids is 1. The Labute approximate surface area is 205 Å². The molecule has 0 aromatic heterocycles. The zero-order valence-corrected chi connectivity index (χ0v) is 21.8. The number of halogens is 2. The molecular formula is C27H35BrFN3O. The molecule has 2 aliphatic heterocycles. The second-order valence-electron chi connectivity index (χ2n) is 10.7. The Morgan fingerprint density at radius 3 is 2.03 bits per heavy atom. The van der Waals surface area contributed by atoms with Gasteiger partial charge in [0.05, 0.1) is 5.92 Å². The molecule has 2 saturated heterocycles. The van der Waals surface area contributed by atoms with E-state index in [1.165, 1.54) is 17.7 Å². The number of hydrogen-bond acceptors (Lipinski definition) is 3. The highest BCUT2D eigenvalue weighted by atomic mass is 79.9. The largest absolute Gasteiger partial charge is 0.363 e. The molecule has 2 aliphatic rings. The van der Waals surface area contributed by atoms with Crippen molar-refractivity contribution in [2.24, 2.45) is 5.92 Å². The molecule has 4 rings (SSSR count). The summed E-state index contributed by atoms with van der Waals surface area (Å²) in [5, 5.41) is 0. The molecule has 33 heavy (non-hydrogen) atoms. The molecule has 178 valence electrons. The number of amides is 1. The van der Waals surface area contributed by atoms with E-state index in [1.807, 2.05) is 12.1 Å². The molecule has 1 amide bonds. The Morgan fingerprint density at radius 2 is 1.48 bits per heavy atom. The van der Waals surface area contributed by atoms with Crippen LogP contribution < -0.4 is 4.90 Å². The fourth-order valence-electron chi connectivity index (χ4n) is 5.51. The predicted molar refractivity (Wildman–Crippen MR) is 136 cm³/mol. The molecule has 2 heterocycles. The van der Waals surface area contributed by atoms with Crippen LogP contribution in [-0.2, 0) is 4.79 Å². The third-order valence-corrected chi connectivity index (χ3v) is 7.77. The second kappa shape index (κ2) is 9.38. The minimum Gasteiger partial charge on any atom is -0.363 e. The van der Waals surface area contributed by atoms with Crippen molar-refractivity contribution in [1.82, 2.24) is 9.80 Å². The van der Waals surface area contributed by atoms with E-state index in [4.69, 9.17) is 0 Å². The molecular weight excluding hydrogens is 481 g/mol. The Bertz CT molecular complexity index is 960. The second-order valence-corrected chi connectivity index (χ2v) is 11.6. The molecule has 2 aromatic rings. The zero-order chi connectivity index (χ0) is 23.9. The fraction of sp³-hybridized carbons (Fsp3) is 0.519. The van der Waals surface area contributed by atoms with Gasteiger partial charge in [-0.3, -0.25) is 9.69 Å². The highest BCUT2D eigenvalue weighted by Crippen LogP contribution is 2.38. The van der Waals surface area contributed by atoms with Crippen LogP contribution in [0.15, 0.2) is 53.0 Å². The van der Waals surface area contributed by atoms with E-state index in [0.29, 0.717) is 13.1 Å². The van der Waals surface area contributed by atoms with Crippen LogP contribution in [0.3, 0.4) is 0 Å². The van der Waals surface area contributed by atoms with Gasteiger partial charge in [0.2, 0.25) is 5.91 Å². The summed E-state index contributed by atoms with van der Waals surface area (Å²) < 4.78 is 14.5. The van der Waals surface area contributed by atoms with Gasteiger partial charge in [0.15, 0.2) is 0 Å². The van der Waals surface area contributed by atoms with Crippen molar-refractivity contribution in [3.05, 3.63) is 64.4 Å². The molecule has 0 bridgehead atoms. The number of rotatable bonds is 3. The smallest absolute Gasteiger partial charge is 0.227 e. The van der Waals surface area contributed by atoms with Crippen LogP contribution >= 0.6 is 15.9 Å². The van der Waals surface area contributed by atoms with Crippen molar-refractivity contribution in [3.63, 3.8) is 0 Å². The maximum atomic E-state index is 13.9. The van der Waals surface area contributed by atoms with Crippen LogP contribution in [0.2, 0.25) is 0 Å². The van der Waals surface area contributed by atoms with Crippen LogP contribution in [0.5, 0.6) is 0 Å². The van der Waals surface area contributed by atoms with Gasteiger partial charge >= 0.3 is 0 Å². The van der Waals surface area contributed by atoms with Gasteiger partial charge in [0, 0.05) is 59.9 Å². The summed E-state index contributed by atoms with van der Waals surface area (Å²) in [5.41, 5.74) is 2.26. The quantitative estimate of drug-likeness (QED) is 0.537. The van der Waals surface area contributed by atoms with E-state index in [-0.39, 0.29) is 41.2 Å². The fourth-order valence-corrected chi connectivity index (χ4v) is 5.77. The minimum atomic E-state index is -0.225. The topological polar surface area (TPSA) is 26.8 Å². The zero-order valence-electron chi connectivity index (χ0n) is 20.3. The summed E-state index contributed by atoms with van der Waals surface area (Å²) in [6.45, 7) is 14.0. The van der Waals surface area contributed by atoms with Gasteiger partial charge in [-0.25, -0.2) is 4.39 Å². The first-order valence-electron chi connectivity index (χ1n) is 11.9. The summed E-state index contributed by atoms with van der Waals surface area (Å²) in [7, 11) is 0. The number of anilines is 1. The van der Waals surface area contributed by atoms with Crippen molar-refractivity contribution in [2.75, 3.05) is 31.1 Å². The molecule has 2 fully saturated rings. The van der Waals surface area contributed by atoms with E-state index in [2.05, 4.69) is 89.5 Å². The Hall–Kier alpha value is -1.92. The molecule has 0 aliphatic carbocycles. The van der Waals surface area contributed by atoms with Gasteiger partial charge < -0.3 is 9.80 Å². The SMILES string of the molecule is C[C@@H]1CN(C(=O)C2CN(C(C)(C)C)CC2c2ccc(Br)cc2)C[C@H](C)N1c1ccc(F)cc1. The lowest BCUT2D eigenvalue weighted by atomic mass is 9.87. The molecule has 4 nitrogen and oxygen atoms in total. The molecule has 2 unspecified atom stereocenters. The first-order chi connectivity index (χ1) is 15.5. The van der Waals surface area contributed by atoms with Crippen LogP contribution in [0, 0.1) is 11.7 Å². The van der Waals surface area contributed by atoms with Crippen molar-refractivity contribution in [2.45, 2.75) is 58.2 Å². The normalized spacial score (nSPS) is 26.6. The van der Waals surface area contributed by atoms with Gasteiger partial charge in [-0.15, -0.1) is 0 Å². The first kappa shape index (κ1) is 24.2. The number of piperazine rings is 1. The average molecular weight is 516 g/mol. The lowest BCUT2D eigenvalue weighted by Crippen LogP contribution is -2.59. The summed E-state index contributed by atoms with van der Waals surface area (Å²) in [4.78, 5) is 20.8. The third-order valence-electron chi connectivity index (χ3n) is 7.24. The maximum absolute atomic E-state index is 13.9. The van der Waals surface area contributed by atoms with E-state index < -0.39 is 0 Å². The van der Waals surface area contributed by atoms with Gasteiger partial charge in [-0.1, -0.05) is 28.1 Å². The highest BCUT2D eigenvalue weighted by molar-refractivity contribution is 9.10. The van der Waals surface area contributed by atoms with Gasteiger partial charge in [0.25, 0.3) is 0 Å². The van der Waals surface area contributed by atoms with E-state index >= 15 is 0 Å². The van der Waals surface area contributed by atoms with Crippen molar-refractivity contribution in [1.29, 1.82) is 0 Å². The van der Waals surface area contributed by atoms with E-state index in [1.54, 1.807) is 0 Å². The summed E-state index contributed by atoms with van der Waals surface area (Å²) in [6.07, 6.45) is 0. The lowest BCUT2D eigenvalue weighted by molar-refractivity contribution is -0.137. The molecule has 0 N–H and O–H groups in total. The van der Waals surface area contributed by atoms with E-state index in [0.717, 1.165) is 23.2 Å². The van der Waals surface area contributed by atoms with Crippen molar-refractivity contribution < 1.29 is 9.18 Å². The molecule has 6 heteroatoms. The first-order valence-corrected chi connectivity index (χ1v) is 12.7. The van der Waals surface area contributed by atoms with Crippen molar-refractivity contribution in [3.8, 4) is 0 Å². The molecule has 4 atom stereocenters. The lowest BCUT2D eigenvalue weighted by Gasteiger charge is -2.46. The third kappa shape index (κ3) is 5.12. The van der Waals surface area contributed by atoms with Crippen LogP contribution in [0.25, 0.3) is 0 Å². The van der Waals surface area contributed by atoms with Crippen LogP contribution in [0.1, 0.15) is 46.1 Å². The maximum Gasteiger partial charge on any atom is 0.227 e. The van der Waals surface area contributed by atoms with Gasteiger partial charge in [-0.2, -0.15) is 0 Å². The standard InChI is InChI=1S/C27H35BrFN3O/c1-18-14-30(15-19(2)32(18)23-12-10-22(29)11-13-23)26(33)25-17-31(27(3,4)5)16-24(25)20-6-8-21(28)9-7-20/h6-13,18-19,24-25H,14-17H2,1-5H3/t18-,19+,24?,25?. The highest BCUT2D eigenvalue weighted by Gasteiger charge is 2.45. The van der Waals surface area contributed by atoms with Gasteiger partial charge in [0.1, 0.15) is 5.82 Å². The van der Waals surface area contributed by atoms with Crippen LogP contribution in [0.4, 0.5) is 10.1 Å². The number of nitrogens with zero attached hydrogens (tertiary/aromatic N) is 3. The Balaban J connectivity index is 1.55. The van der Waals surface area contributed by atoms with E-state index in [9.17, 15) is 9.18 Å². The monoisotopic (exact) mass is 515 g/mol.